The molecule has 0 aromatic carbocycles. The van der Waals surface area contributed by atoms with Gasteiger partial charge in [-0.05, 0) is 12.8 Å². The molecule has 0 aromatic heterocycles. The molecule has 4 heteroatoms. The van der Waals surface area contributed by atoms with Crippen molar-refractivity contribution in [1.29, 1.82) is 0 Å². The summed E-state index contributed by atoms with van der Waals surface area (Å²) in [5, 5.41) is 23.2. The van der Waals surface area contributed by atoms with Crippen molar-refractivity contribution in [2.75, 3.05) is 6.61 Å². The molecule has 2 atom stereocenters. The first kappa shape index (κ1) is 62.4. The Balaban J connectivity index is 3.31. The van der Waals surface area contributed by atoms with Gasteiger partial charge in [-0.25, -0.2) is 0 Å². The number of aliphatic hydroxyl groups is 2. The van der Waals surface area contributed by atoms with Gasteiger partial charge >= 0.3 is 0 Å². The Bertz CT molecular complexity index is 834. The number of amides is 1. The van der Waals surface area contributed by atoms with Crippen LogP contribution in [-0.2, 0) is 4.79 Å². The van der Waals surface area contributed by atoms with E-state index in [1.807, 2.05) is 0 Å². The monoisotopic (exact) mass is 890 g/mol. The van der Waals surface area contributed by atoms with Crippen LogP contribution in [0.1, 0.15) is 354 Å². The Morgan fingerprint density at radius 3 is 0.714 bits per heavy atom. The minimum Gasteiger partial charge on any atom is -0.394 e. The van der Waals surface area contributed by atoms with Crippen LogP contribution in [0.2, 0.25) is 0 Å². The molecule has 0 saturated heterocycles. The molecule has 0 bridgehead atoms. The second-order valence-corrected chi connectivity index (χ2v) is 20.8. The Morgan fingerprint density at radius 2 is 0.508 bits per heavy atom. The molecular weight excluding hydrogens is 771 g/mol. The van der Waals surface area contributed by atoms with Gasteiger partial charge in [-0.3, -0.25) is 4.79 Å². The van der Waals surface area contributed by atoms with Gasteiger partial charge in [0.15, 0.2) is 0 Å². The SMILES string of the molecule is CCCCCCCCCCCCCCCCCCCCCCCCCCCCCCCCCCCCCCCCC(=O)NC(CO)C(O)CCCCCCCCCCCCCCC. The van der Waals surface area contributed by atoms with Gasteiger partial charge in [-0.2, -0.15) is 0 Å². The number of nitrogens with one attached hydrogen (secondary N) is 1. The molecule has 0 saturated carbocycles. The largest absolute Gasteiger partial charge is 0.394 e. The zero-order valence-corrected chi connectivity index (χ0v) is 43.6. The molecule has 0 aliphatic carbocycles. The molecule has 3 N–H and O–H groups in total. The fraction of sp³-hybridized carbons (Fsp3) is 0.983. The molecule has 0 aliphatic heterocycles. The van der Waals surface area contributed by atoms with Crippen molar-refractivity contribution in [3.8, 4) is 0 Å². The number of rotatable bonds is 56. The highest BCUT2D eigenvalue weighted by molar-refractivity contribution is 5.76. The number of hydrogen-bond donors (Lipinski definition) is 3. The first-order valence-electron chi connectivity index (χ1n) is 29.7. The topological polar surface area (TPSA) is 69.6 Å². The van der Waals surface area contributed by atoms with E-state index in [2.05, 4.69) is 19.2 Å². The second-order valence-electron chi connectivity index (χ2n) is 20.8. The summed E-state index contributed by atoms with van der Waals surface area (Å²) in [7, 11) is 0. The molecule has 1 amide bonds. The van der Waals surface area contributed by atoms with E-state index in [0.29, 0.717) is 12.8 Å². The van der Waals surface area contributed by atoms with E-state index in [9.17, 15) is 15.0 Å². The Labute approximate surface area is 397 Å². The first-order chi connectivity index (χ1) is 31.2. The molecule has 0 spiro atoms. The number of unbranched alkanes of at least 4 members (excludes halogenated alkanes) is 49. The van der Waals surface area contributed by atoms with Crippen LogP contribution in [0.4, 0.5) is 0 Å². The normalized spacial score (nSPS) is 12.6. The summed E-state index contributed by atoms with van der Waals surface area (Å²) in [6.45, 7) is 4.39. The number of hydrogen-bond acceptors (Lipinski definition) is 3. The maximum atomic E-state index is 12.5. The summed E-state index contributed by atoms with van der Waals surface area (Å²) < 4.78 is 0. The lowest BCUT2D eigenvalue weighted by molar-refractivity contribution is -0.123. The molecule has 0 rings (SSSR count). The molecule has 4 nitrogen and oxygen atoms in total. The fourth-order valence-electron chi connectivity index (χ4n) is 9.84. The maximum absolute atomic E-state index is 12.5. The van der Waals surface area contributed by atoms with Crippen molar-refractivity contribution in [3.05, 3.63) is 0 Å². The highest BCUT2D eigenvalue weighted by atomic mass is 16.3. The molecule has 0 aromatic rings. The highest BCUT2D eigenvalue weighted by Gasteiger charge is 2.20. The number of aliphatic hydroxyl groups excluding tert-OH is 2. The lowest BCUT2D eigenvalue weighted by Gasteiger charge is -2.22. The summed E-state index contributed by atoms with van der Waals surface area (Å²) in [5.41, 5.74) is 0. The van der Waals surface area contributed by atoms with Crippen molar-refractivity contribution in [3.63, 3.8) is 0 Å². The number of carbonyl (C=O) groups excluding carboxylic acids is 1. The molecule has 378 valence electrons. The van der Waals surface area contributed by atoms with Crippen LogP contribution in [0.15, 0.2) is 0 Å². The zero-order valence-electron chi connectivity index (χ0n) is 43.6. The third kappa shape index (κ3) is 52.2. The standard InChI is InChI=1S/C59H119NO3/c1-3-5-7-9-11-13-15-17-18-19-20-21-22-23-24-25-26-27-28-29-30-31-32-33-34-35-36-37-38-39-40-41-43-45-47-49-51-53-55-59(63)60-57(56-61)58(62)54-52-50-48-46-44-42-16-14-12-10-8-6-4-2/h57-58,61-62H,3-56H2,1-2H3,(H,60,63). The molecule has 0 fully saturated rings. The lowest BCUT2D eigenvalue weighted by atomic mass is 10.0. The summed E-state index contributed by atoms with van der Waals surface area (Å²) in [4.78, 5) is 12.5. The zero-order chi connectivity index (χ0) is 45.6. The molecule has 2 unspecified atom stereocenters. The fourth-order valence-corrected chi connectivity index (χ4v) is 9.84. The van der Waals surface area contributed by atoms with Gasteiger partial charge in [0.25, 0.3) is 0 Å². The van der Waals surface area contributed by atoms with Crippen molar-refractivity contribution in [1.82, 2.24) is 5.32 Å². The second kappa shape index (κ2) is 55.7. The predicted molar refractivity (Wildman–Crippen MR) is 281 cm³/mol. The summed E-state index contributed by atoms with van der Waals surface area (Å²) >= 11 is 0. The summed E-state index contributed by atoms with van der Waals surface area (Å²) in [6.07, 6.45) is 71.3. The maximum Gasteiger partial charge on any atom is 0.220 e. The van der Waals surface area contributed by atoms with E-state index in [0.717, 1.165) is 25.7 Å². The van der Waals surface area contributed by atoms with Gasteiger partial charge in [0.05, 0.1) is 18.8 Å². The Morgan fingerprint density at radius 1 is 0.317 bits per heavy atom. The Hall–Kier alpha value is -0.610. The molecule has 0 radical (unpaired) electrons. The first-order valence-corrected chi connectivity index (χ1v) is 29.7. The highest BCUT2D eigenvalue weighted by Crippen LogP contribution is 2.19. The molecule has 63 heavy (non-hydrogen) atoms. The van der Waals surface area contributed by atoms with E-state index < -0.39 is 12.1 Å². The summed E-state index contributed by atoms with van der Waals surface area (Å²) in [5.74, 6) is -0.0232. The van der Waals surface area contributed by atoms with Crippen LogP contribution in [0, 0.1) is 0 Å². The molecule has 0 heterocycles. The van der Waals surface area contributed by atoms with Crippen molar-refractivity contribution < 1.29 is 15.0 Å². The molecule has 0 aliphatic rings. The van der Waals surface area contributed by atoms with Gasteiger partial charge in [0.2, 0.25) is 5.91 Å². The van der Waals surface area contributed by atoms with Gasteiger partial charge in [-0.1, -0.05) is 335 Å². The van der Waals surface area contributed by atoms with E-state index in [1.165, 1.54) is 302 Å². The average molecular weight is 891 g/mol. The summed E-state index contributed by atoms with van der Waals surface area (Å²) in [6, 6.07) is -0.530. The van der Waals surface area contributed by atoms with Gasteiger partial charge in [-0.15, -0.1) is 0 Å². The number of carbonyl (C=O) groups is 1. The van der Waals surface area contributed by atoms with Gasteiger partial charge in [0.1, 0.15) is 0 Å². The third-order valence-electron chi connectivity index (χ3n) is 14.4. The van der Waals surface area contributed by atoms with Crippen LogP contribution >= 0.6 is 0 Å². The van der Waals surface area contributed by atoms with E-state index in [4.69, 9.17) is 0 Å². The van der Waals surface area contributed by atoms with Gasteiger partial charge in [0, 0.05) is 6.42 Å². The van der Waals surface area contributed by atoms with Gasteiger partial charge < -0.3 is 15.5 Å². The van der Waals surface area contributed by atoms with Crippen LogP contribution in [-0.4, -0.2) is 34.9 Å². The van der Waals surface area contributed by atoms with E-state index in [-0.39, 0.29) is 12.5 Å². The average Bonchev–Trinajstić information content (AvgIpc) is 3.29. The smallest absolute Gasteiger partial charge is 0.220 e. The van der Waals surface area contributed by atoms with Crippen molar-refractivity contribution in [2.45, 2.75) is 366 Å². The third-order valence-corrected chi connectivity index (χ3v) is 14.4. The van der Waals surface area contributed by atoms with E-state index in [1.54, 1.807) is 0 Å². The molecular formula is C59H119NO3. The minimum absolute atomic E-state index is 0.0232. The van der Waals surface area contributed by atoms with Crippen LogP contribution in [0.5, 0.6) is 0 Å². The quantitative estimate of drug-likeness (QED) is 0.0533. The minimum atomic E-state index is -0.653. The van der Waals surface area contributed by atoms with Crippen LogP contribution in [0.3, 0.4) is 0 Å². The van der Waals surface area contributed by atoms with Crippen LogP contribution < -0.4 is 5.32 Å². The Kier molecular flexibility index (Phi) is 55.2. The van der Waals surface area contributed by atoms with Crippen molar-refractivity contribution >= 4 is 5.91 Å². The predicted octanol–water partition coefficient (Wildman–Crippen LogP) is 19.5. The van der Waals surface area contributed by atoms with Crippen LogP contribution in [0.25, 0.3) is 0 Å². The van der Waals surface area contributed by atoms with Crippen molar-refractivity contribution in [2.24, 2.45) is 0 Å². The van der Waals surface area contributed by atoms with E-state index >= 15 is 0 Å². The lowest BCUT2D eigenvalue weighted by Crippen LogP contribution is -2.45.